The lowest BCUT2D eigenvalue weighted by molar-refractivity contribution is 0.355. The third kappa shape index (κ3) is 2.92. The quantitative estimate of drug-likeness (QED) is 0.513. The van der Waals surface area contributed by atoms with E-state index in [-0.39, 0.29) is 12.4 Å². The van der Waals surface area contributed by atoms with Gasteiger partial charge in [-0.2, -0.15) is 0 Å². The van der Waals surface area contributed by atoms with Crippen LogP contribution in [0, 0.1) is 0 Å². The van der Waals surface area contributed by atoms with Crippen LogP contribution in [-0.4, -0.2) is 31.8 Å². The third-order valence-electron chi connectivity index (χ3n) is 1.64. The number of primary sulfonamides is 1. The summed E-state index contributed by atoms with van der Waals surface area (Å²) in [5, 5.41) is 5.90. The number of hydrogen-bond acceptors (Lipinski definition) is 4. The minimum absolute atomic E-state index is 0. The van der Waals surface area contributed by atoms with Gasteiger partial charge in [0, 0.05) is 13.1 Å². The summed E-state index contributed by atoms with van der Waals surface area (Å²) in [5.74, 6) is 5.34. The second kappa shape index (κ2) is 3.68. The van der Waals surface area contributed by atoms with Gasteiger partial charge in [0.05, 0.1) is 5.25 Å². The molecular formula is C4H12ClN3O2S. The van der Waals surface area contributed by atoms with Crippen molar-refractivity contribution in [1.29, 1.82) is 0 Å². The number of halogens is 1. The van der Waals surface area contributed by atoms with E-state index in [0.29, 0.717) is 19.5 Å². The first kappa shape index (κ1) is 11.1. The smallest absolute Gasteiger partial charge is 0.213 e. The van der Waals surface area contributed by atoms with E-state index < -0.39 is 15.3 Å². The molecule has 11 heavy (non-hydrogen) atoms. The molecule has 1 rings (SSSR count). The molecule has 7 heteroatoms. The van der Waals surface area contributed by atoms with Crippen molar-refractivity contribution in [2.75, 3.05) is 13.1 Å². The number of sulfonamides is 1. The largest absolute Gasteiger partial charge is 0.269 e. The zero-order chi connectivity index (χ0) is 7.78. The van der Waals surface area contributed by atoms with E-state index in [1.807, 2.05) is 0 Å². The molecule has 0 aromatic carbocycles. The van der Waals surface area contributed by atoms with Crippen LogP contribution in [0.1, 0.15) is 6.42 Å². The van der Waals surface area contributed by atoms with Crippen LogP contribution in [0.3, 0.4) is 0 Å². The van der Waals surface area contributed by atoms with Gasteiger partial charge in [0.25, 0.3) is 0 Å². The molecule has 0 aliphatic carbocycles. The second-order valence-electron chi connectivity index (χ2n) is 2.49. The van der Waals surface area contributed by atoms with Crippen LogP contribution in [0.4, 0.5) is 0 Å². The first-order valence-corrected chi connectivity index (χ1v) is 4.62. The van der Waals surface area contributed by atoms with E-state index in [1.165, 1.54) is 5.01 Å². The van der Waals surface area contributed by atoms with Crippen molar-refractivity contribution in [2.24, 2.45) is 11.0 Å². The molecule has 1 aliphatic heterocycles. The molecule has 5 nitrogen and oxygen atoms in total. The Balaban J connectivity index is 0.000001000. The van der Waals surface area contributed by atoms with Gasteiger partial charge in [0.15, 0.2) is 0 Å². The summed E-state index contributed by atoms with van der Waals surface area (Å²) < 4.78 is 21.3. The Bertz CT molecular complexity index is 217. The van der Waals surface area contributed by atoms with E-state index in [0.717, 1.165) is 0 Å². The van der Waals surface area contributed by atoms with Crippen molar-refractivity contribution in [1.82, 2.24) is 5.01 Å². The van der Waals surface area contributed by atoms with Gasteiger partial charge in [0.2, 0.25) is 10.0 Å². The monoisotopic (exact) mass is 201 g/mol. The molecule has 1 atom stereocenters. The molecule has 1 aliphatic rings. The van der Waals surface area contributed by atoms with E-state index in [4.69, 9.17) is 11.0 Å². The Hall–Kier alpha value is 0.120. The standard InChI is InChI=1S/C4H11N3O2S.ClH/c5-7-2-1-4(3-7)10(6,8)9;/h4H,1-3,5H2,(H2,6,8,9);1H. The second-order valence-corrected chi connectivity index (χ2v) is 4.34. The summed E-state index contributed by atoms with van der Waals surface area (Å²) in [4.78, 5) is 0. The molecule has 68 valence electrons. The number of hydrogen-bond donors (Lipinski definition) is 2. The van der Waals surface area contributed by atoms with Gasteiger partial charge in [-0.15, -0.1) is 12.4 Å². The highest BCUT2D eigenvalue weighted by Crippen LogP contribution is 2.10. The third-order valence-corrected chi connectivity index (χ3v) is 2.96. The van der Waals surface area contributed by atoms with Gasteiger partial charge in [-0.25, -0.2) is 18.6 Å². The fraction of sp³-hybridized carbons (Fsp3) is 1.00. The molecule has 0 bridgehead atoms. The maximum absolute atomic E-state index is 10.7. The Labute approximate surface area is 72.2 Å². The molecule has 1 saturated heterocycles. The van der Waals surface area contributed by atoms with Gasteiger partial charge < -0.3 is 0 Å². The maximum atomic E-state index is 10.7. The van der Waals surface area contributed by atoms with Gasteiger partial charge >= 0.3 is 0 Å². The zero-order valence-corrected chi connectivity index (χ0v) is 7.57. The van der Waals surface area contributed by atoms with Crippen LogP contribution in [0.5, 0.6) is 0 Å². The van der Waals surface area contributed by atoms with Crippen LogP contribution in [0.2, 0.25) is 0 Å². The predicted octanol–water partition coefficient (Wildman–Crippen LogP) is -1.36. The van der Waals surface area contributed by atoms with Gasteiger partial charge in [-0.1, -0.05) is 0 Å². The molecular weight excluding hydrogens is 190 g/mol. The zero-order valence-electron chi connectivity index (χ0n) is 5.93. The Morgan fingerprint density at radius 3 is 2.18 bits per heavy atom. The topological polar surface area (TPSA) is 89.4 Å². The van der Waals surface area contributed by atoms with Crippen LogP contribution in [0.15, 0.2) is 0 Å². The summed E-state index contributed by atoms with van der Waals surface area (Å²) in [6, 6.07) is 0. The molecule has 4 N–H and O–H groups in total. The molecule has 1 unspecified atom stereocenters. The lowest BCUT2D eigenvalue weighted by atomic mass is 10.4. The first-order chi connectivity index (χ1) is 4.50. The Morgan fingerprint density at radius 2 is 2.00 bits per heavy atom. The lowest BCUT2D eigenvalue weighted by Gasteiger charge is -2.06. The normalized spacial score (nSPS) is 26.5. The predicted molar refractivity (Wildman–Crippen MR) is 44.5 cm³/mol. The number of rotatable bonds is 1. The fourth-order valence-electron chi connectivity index (χ4n) is 1.02. The molecule has 1 heterocycles. The van der Waals surface area contributed by atoms with Crippen molar-refractivity contribution < 1.29 is 8.42 Å². The minimum atomic E-state index is -3.36. The van der Waals surface area contributed by atoms with Crippen molar-refractivity contribution in [3.63, 3.8) is 0 Å². The highest BCUT2D eigenvalue weighted by Gasteiger charge is 2.28. The Morgan fingerprint density at radius 1 is 1.45 bits per heavy atom. The van der Waals surface area contributed by atoms with E-state index in [2.05, 4.69) is 0 Å². The molecule has 1 fully saturated rings. The summed E-state index contributed by atoms with van der Waals surface area (Å²) in [5.41, 5.74) is 0. The van der Waals surface area contributed by atoms with Crippen molar-refractivity contribution in [3.05, 3.63) is 0 Å². The summed E-state index contributed by atoms with van der Waals surface area (Å²) in [6.07, 6.45) is 0.551. The minimum Gasteiger partial charge on any atom is -0.269 e. The summed E-state index contributed by atoms with van der Waals surface area (Å²) >= 11 is 0. The van der Waals surface area contributed by atoms with Crippen LogP contribution < -0.4 is 11.0 Å². The number of hydrazine groups is 1. The molecule has 0 spiro atoms. The maximum Gasteiger partial charge on any atom is 0.213 e. The van der Waals surface area contributed by atoms with E-state index >= 15 is 0 Å². The molecule has 0 saturated carbocycles. The molecule has 0 aromatic rings. The summed E-state index contributed by atoms with van der Waals surface area (Å²) in [6.45, 7) is 0.972. The number of nitrogens with zero attached hydrogens (tertiary/aromatic N) is 1. The van der Waals surface area contributed by atoms with E-state index in [1.54, 1.807) is 0 Å². The molecule has 0 radical (unpaired) electrons. The average molecular weight is 202 g/mol. The molecule has 0 aromatic heterocycles. The van der Waals surface area contributed by atoms with E-state index in [9.17, 15) is 8.42 Å². The SMILES string of the molecule is Cl.NN1CCC(S(N)(=O)=O)C1. The highest BCUT2D eigenvalue weighted by molar-refractivity contribution is 7.89. The van der Waals surface area contributed by atoms with Crippen molar-refractivity contribution in [3.8, 4) is 0 Å². The average Bonchev–Trinajstić information content (AvgIpc) is 2.11. The summed E-state index contributed by atoms with van der Waals surface area (Å²) in [7, 11) is -3.36. The van der Waals surface area contributed by atoms with Crippen LogP contribution >= 0.6 is 12.4 Å². The number of nitrogens with two attached hydrogens (primary N) is 2. The lowest BCUT2D eigenvalue weighted by Crippen LogP contribution is -2.34. The van der Waals surface area contributed by atoms with Crippen LogP contribution in [0.25, 0.3) is 0 Å². The molecule has 0 amide bonds. The first-order valence-electron chi connectivity index (χ1n) is 3.01. The highest BCUT2D eigenvalue weighted by atomic mass is 35.5. The van der Waals surface area contributed by atoms with Crippen molar-refractivity contribution >= 4 is 22.4 Å². The fourth-order valence-corrected chi connectivity index (χ4v) is 1.86. The van der Waals surface area contributed by atoms with Gasteiger partial charge in [-0.3, -0.25) is 5.84 Å². The Kier molecular flexibility index (Phi) is 3.72. The van der Waals surface area contributed by atoms with Gasteiger partial charge in [0.1, 0.15) is 0 Å². The van der Waals surface area contributed by atoms with Crippen LogP contribution in [-0.2, 0) is 10.0 Å². The van der Waals surface area contributed by atoms with Crippen molar-refractivity contribution in [2.45, 2.75) is 11.7 Å². The van der Waals surface area contributed by atoms with Gasteiger partial charge in [-0.05, 0) is 6.42 Å².